The number of H-pyrrole nitrogens is 2. The maximum Gasteiger partial charge on any atom is 0.407 e. The van der Waals surface area contributed by atoms with Crippen LogP contribution >= 0.6 is 0 Å². The molecular formula is C58H72F4N10O8. The molecule has 6 fully saturated rings. The Morgan fingerprint density at radius 2 is 1.21 bits per heavy atom. The van der Waals surface area contributed by atoms with Gasteiger partial charge in [-0.1, -0.05) is 12.8 Å². The average Bonchev–Trinajstić information content (AvgIpc) is 4.15. The van der Waals surface area contributed by atoms with Crippen molar-refractivity contribution < 1.29 is 55.7 Å². The van der Waals surface area contributed by atoms with Crippen LogP contribution in [0, 0.1) is 35.1 Å². The molecule has 22 heteroatoms. The molecular weight excluding hydrogens is 1040 g/mol. The number of ether oxygens (including phenoxy) is 4. The molecule has 2 aliphatic carbocycles. The van der Waals surface area contributed by atoms with Crippen molar-refractivity contribution in [2.75, 3.05) is 57.9 Å². The van der Waals surface area contributed by atoms with Crippen LogP contribution in [-0.2, 0) is 28.5 Å². The first kappa shape index (κ1) is 55.2. The fourth-order valence-electron chi connectivity index (χ4n) is 14.4. The van der Waals surface area contributed by atoms with Gasteiger partial charge in [-0.15, -0.1) is 0 Å². The van der Waals surface area contributed by atoms with E-state index in [1.54, 1.807) is 40.7 Å². The first-order chi connectivity index (χ1) is 38.5. The van der Waals surface area contributed by atoms with Crippen molar-refractivity contribution in [2.24, 2.45) is 11.8 Å². The minimum absolute atomic E-state index is 0.0341. The molecule has 0 unspecified atom stereocenters. The number of nitrogens with one attached hydrogen (secondary N) is 4. The zero-order chi connectivity index (χ0) is 56.3. The lowest BCUT2D eigenvalue weighted by Gasteiger charge is -2.35. The Hall–Kier alpha value is -6.68. The van der Waals surface area contributed by atoms with Gasteiger partial charge in [0, 0.05) is 56.2 Å². The Morgan fingerprint density at radius 3 is 1.74 bits per heavy atom. The third-order valence-corrected chi connectivity index (χ3v) is 18.5. The number of carbonyl (C=O) groups is 4. The molecule has 0 radical (unpaired) electrons. The number of halogens is 4. The normalized spacial score (nSPS) is 26.2. The highest BCUT2D eigenvalue weighted by Crippen LogP contribution is 2.52. The van der Waals surface area contributed by atoms with Crippen LogP contribution in [0.5, 0.6) is 0 Å². The maximum absolute atomic E-state index is 17.1. The van der Waals surface area contributed by atoms with E-state index in [9.17, 15) is 19.2 Å². The first-order valence-electron chi connectivity index (χ1n) is 28.3. The molecule has 4 aliphatic heterocycles. The minimum Gasteiger partial charge on any atom is -0.453 e. The summed E-state index contributed by atoms with van der Waals surface area (Å²) in [5.74, 6) is -1.94. The second-order valence-corrected chi connectivity index (χ2v) is 23.1. The Balaban J connectivity index is 0.940. The monoisotopic (exact) mass is 1110 g/mol. The van der Waals surface area contributed by atoms with Crippen molar-refractivity contribution in [1.82, 2.24) is 40.4 Å². The molecule has 3 aromatic carbocycles. The van der Waals surface area contributed by atoms with Crippen molar-refractivity contribution in [2.45, 2.75) is 158 Å². The summed E-state index contributed by atoms with van der Waals surface area (Å²) >= 11 is 0. The van der Waals surface area contributed by atoms with Crippen LogP contribution in [0.3, 0.4) is 0 Å². The third kappa shape index (κ3) is 10.2. The van der Waals surface area contributed by atoms with Crippen molar-refractivity contribution >= 4 is 57.4 Å². The zero-order valence-corrected chi connectivity index (χ0v) is 46.2. The van der Waals surface area contributed by atoms with Gasteiger partial charge in [0.15, 0.2) is 11.6 Å². The summed E-state index contributed by atoms with van der Waals surface area (Å²) < 4.78 is 88.4. The second-order valence-electron chi connectivity index (χ2n) is 23.1. The predicted octanol–water partition coefficient (Wildman–Crippen LogP) is 9.86. The van der Waals surface area contributed by atoms with Crippen LogP contribution in [0.2, 0.25) is 0 Å². The lowest BCUT2D eigenvalue weighted by atomic mass is 10.00. The summed E-state index contributed by atoms with van der Waals surface area (Å²) in [7, 11) is 5.43. The summed E-state index contributed by atoms with van der Waals surface area (Å²) in [6.07, 6.45) is 7.50. The number of aromatic amines is 2. The van der Waals surface area contributed by atoms with E-state index in [1.165, 1.54) is 52.7 Å². The molecule has 18 nitrogen and oxygen atoms in total. The van der Waals surface area contributed by atoms with Crippen LogP contribution in [0.1, 0.15) is 151 Å². The number of imidazole rings is 2. The molecule has 430 valence electrons. The Bertz CT molecular complexity index is 3150. The molecule has 4 saturated heterocycles. The summed E-state index contributed by atoms with van der Waals surface area (Å²) in [6, 6.07) is 4.61. The number of nitrogens with zero attached hydrogens (tertiary/aromatic N) is 6. The van der Waals surface area contributed by atoms with E-state index < -0.39 is 77.4 Å². The zero-order valence-electron chi connectivity index (χ0n) is 46.2. The highest BCUT2D eigenvalue weighted by atomic mass is 19.1. The quantitative estimate of drug-likeness (QED) is 0.0725. The van der Waals surface area contributed by atoms with E-state index >= 15 is 17.6 Å². The van der Waals surface area contributed by atoms with Gasteiger partial charge >= 0.3 is 12.2 Å². The molecule has 4 amide bonds. The Labute approximate surface area is 462 Å². The lowest BCUT2D eigenvalue weighted by molar-refractivity contribution is -0.141. The van der Waals surface area contributed by atoms with Crippen molar-refractivity contribution in [3.05, 3.63) is 82.4 Å². The van der Waals surface area contributed by atoms with E-state index in [2.05, 4.69) is 20.6 Å². The number of rotatable bonds is 15. The highest BCUT2D eigenvalue weighted by molar-refractivity contribution is 5.87. The van der Waals surface area contributed by atoms with E-state index in [0.29, 0.717) is 59.6 Å². The molecule has 11 rings (SSSR count). The molecule has 2 saturated carbocycles. The molecule has 6 heterocycles. The Kier molecular flexibility index (Phi) is 15.4. The summed E-state index contributed by atoms with van der Waals surface area (Å²) in [5, 5.41) is 5.31. The average molecular weight is 1110 g/mol. The molecule has 2 aromatic heterocycles. The lowest BCUT2D eigenvalue weighted by Crippen LogP contribution is -2.55. The van der Waals surface area contributed by atoms with Gasteiger partial charge in [-0.05, 0) is 133 Å². The number of likely N-dealkylation sites (tertiary alicyclic amines) is 2. The molecule has 6 aliphatic rings. The van der Waals surface area contributed by atoms with Gasteiger partial charge in [-0.2, -0.15) is 0 Å². The van der Waals surface area contributed by atoms with Crippen molar-refractivity contribution in [3.63, 3.8) is 0 Å². The maximum atomic E-state index is 17.1. The highest BCUT2D eigenvalue weighted by Gasteiger charge is 2.51. The van der Waals surface area contributed by atoms with Gasteiger partial charge in [0.05, 0.1) is 85.1 Å². The number of amides is 4. The van der Waals surface area contributed by atoms with Crippen molar-refractivity contribution in [1.29, 1.82) is 0 Å². The van der Waals surface area contributed by atoms with Gasteiger partial charge in [0.25, 0.3) is 0 Å². The van der Waals surface area contributed by atoms with E-state index in [1.807, 2.05) is 4.90 Å². The fourth-order valence-corrected chi connectivity index (χ4v) is 14.4. The third-order valence-electron chi connectivity index (χ3n) is 18.5. The smallest absolute Gasteiger partial charge is 0.407 e. The number of aromatic nitrogens is 4. The van der Waals surface area contributed by atoms with E-state index in [-0.39, 0.29) is 84.0 Å². The number of anilines is 2. The number of carbonyl (C=O) groups excluding carboxylic acids is 4. The summed E-state index contributed by atoms with van der Waals surface area (Å²) in [5.41, 5.74) is 0.943. The SMILES string of the molecule is COC(=O)NC[C@](C)(CC(=O)N1[C@H](c2nc3cc([C@H]4CC[C@H](c5cc6nc([C@@H]7C[C@@H]8CCC[C@@H]8N7C(=O)[C@@H](NC(=O)OC)[C@@H](C)OC)[nH]c6cc5F)N4c4cc(F)c(N5CCCCC5)c(F)c4)c(F)cc3[nH]2)C[C@@H]2CCC[C@@H]21)OC. The van der Waals surface area contributed by atoms with Crippen LogP contribution < -0.4 is 20.4 Å². The van der Waals surface area contributed by atoms with Gasteiger partial charge in [-0.25, -0.2) is 37.1 Å². The standard InChI is InChI=1S/C58H72F4N10O8/c1-30(77-3)51(68-57(76)79-5)55(74)72-45-15-11-13-32(45)21-49(72)54-65-41-25-35(37(60)27-43(41)67-54)47-17-16-46(70(47)33-22-38(61)52(39(62)23-33)69-18-8-7-9-19-69)34-24-40-42(26-36(34)59)66-53(64-40)48-20-31-12-10-14-44(31)71(48)50(73)28-58(2,80-6)29-63-56(75)78-4/h22-27,30-32,44-49,51H,7-21,28-29H2,1-6H3,(H,63,75)(H,64,66)(H,65,67)(H,68,76)/t30-,31+,32+,44+,45+,46-,47-,48+,49+,51+,58+/m1/s1. The molecule has 5 aromatic rings. The summed E-state index contributed by atoms with van der Waals surface area (Å²) in [6.45, 7) is 4.47. The number of piperidine rings is 1. The van der Waals surface area contributed by atoms with Crippen LogP contribution in [0.4, 0.5) is 38.5 Å². The van der Waals surface area contributed by atoms with Gasteiger partial charge < -0.3 is 59.1 Å². The van der Waals surface area contributed by atoms with Crippen LogP contribution in [0.25, 0.3) is 22.1 Å². The molecule has 80 heavy (non-hydrogen) atoms. The molecule has 0 bridgehead atoms. The molecule has 0 spiro atoms. The summed E-state index contributed by atoms with van der Waals surface area (Å²) in [4.78, 5) is 77.3. The largest absolute Gasteiger partial charge is 0.453 e. The fraction of sp³-hybridized carbons (Fsp3) is 0.586. The number of fused-ring (bicyclic) bond motifs is 4. The van der Waals surface area contributed by atoms with Gasteiger partial charge in [0.1, 0.15) is 35.0 Å². The van der Waals surface area contributed by atoms with Crippen LogP contribution in [-0.4, -0.2) is 132 Å². The number of methoxy groups -OCH3 is 4. The van der Waals surface area contributed by atoms with Crippen LogP contribution in [0.15, 0.2) is 36.4 Å². The number of hydrogen-bond acceptors (Lipinski definition) is 12. The Morgan fingerprint density at radius 1 is 0.675 bits per heavy atom. The van der Waals surface area contributed by atoms with Gasteiger partial charge in [-0.3, -0.25) is 9.59 Å². The van der Waals surface area contributed by atoms with E-state index in [0.717, 1.165) is 57.8 Å². The predicted molar refractivity (Wildman–Crippen MR) is 289 cm³/mol. The number of alkyl carbamates (subject to hydrolysis) is 2. The topological polar surface area (TPSA) is 200 Å². The second kappa shape index (κ2) is 22.3. The van der Waals surface area contributed by atoms with Crippen molar-refractivity contribution in [3.8, 4) is 0 Å². The molecule has 4 N–H and O–H groups in total. The van der Waals surface area contributed by atoms with Gasteiger partial charge in [0.2, 0.25) is 11.8 Å². The number of benzene rings is 3. The number of hydrogen-bond donors (Lipinski definition) is 4. The minimum atomic E-state index is -1.06. The first-order valence-corrected chi connectivity index (χ1v) is 28.3. The van der Waals surface area contributed by atoms with E-state index in [4.69, 9.17) is 28.9 Å². The molecule has 11 atom stereocenters.